The first kappa shape index (κ1) is 12.4. The van der Waals surface area contributed by atoms with Gasteiger partial charge in [0.1, 0.15) is 5.75 Å². The van der Waals surface area contributed by atoms with Gasteiger partial charge in [0.2, 0.25) is 0 Å². The summed E-state index contributed by atoms with van der Waals surface area (Å²) in [5.74, 6) is -0.452. The Morgan fingerprint density at radius 1 is 1.56 bits per heavy atom. The zero-order valence-corrected chi connectivity index (χ0v) is 10.3. The third-order valence-electron chi connectivity index (χ3n) is 3.19. The van der Waals surface area contributed by atoms with Gasteiger partial charge >= 0.3 is 5.97 Å². The van der Waals surface area contributed by atoms with Crippen molar-refractivity contribution in [3.8, 4) is 5.75 Å². The lowest BCUT2D eigenvalue weighted by molar-refractivity contribution is -0.141. The average Bonchev–Trinajstić information content (AvgIpc) is 2.35. The summed E-state index contributed by atoms with van der Waals surface area (Å²) in [4.78, 5) is 24.9. The van der Waals surface area contributed by atoms with E-state index in [2.05, 4.69) is 4.74 Å². The highest BCUT2D eigenvalue weighted by atomic mass is 16.5. The first-order valence-electron chi connectivity index (χ1n) is 5.68. The molecule has 96 valence electrons. The molecule has 0 saturated heterocycles. The van der Waals surface area contributed by atoms with Crippen molar-refractivity contribution in [2.75, 3.05) is 20.7 Å². The number of benzene rings is 1. The molecule has 1 N–H and O–H groups in total. The highest BCUT2D eigenvalue weighted by molar-refractivity contribution is 5.97. The van der Waals surface area contributed by atoms with E-state index in [9.17, 15) is 14.7 Å². The van der Waals surface area contributed by atoms with E-state index >= 15 is 0 Å². The van der Waals surface area contributed by atoms with E-state index in [1.54, 1.807) is 24.1 Å². The number of esters is 1. The molecule has 1 unspecified atom stereocenters. The number of ether oxygens (including phenoxy) is 1. The van der Waals surface area contributed by atoms with E-state index in [1.807, 2.05) is 0 Å². The molecule has 5 heteroatoms. The Labute approximate surface area is 105 Å². The summed E-state index contributed by atoms with van der Waals surface area (Å²) in [7, 11) is 3.03. The van der Waals surface area contributed by atoms with Crippen LogP contribution in [-0.4, -0.2) is 42.6 Å². The minimum atomic E-state index is -0.322. The van der Waals surface area contributed by atoms with Crippen LogP contribution in [0.1, 0.15) is 28.3 Å². The van der Waals surface area contributed by atoms with Crippen molar-refractivity contribution in [3.05, 3.63) is 29.3 Å². The van der Waals surface area contributed by atoms with Gasteiger partial charge in [-0.1, -0.05) is 0 Å². The first-order valence-corrected chi connectivity index (χ1v) is 5.68. The van der Waals surface area contributed by atoms with Gasteiger partial charge in [-0.15, -0.1) is 0 Å². The molecule has 18 heavy (non-hydrogen) atoms. The summed E-state index contributed by atoms with van der Waals surface area (Å²) in [5, 5.41) is 9.51. The lowest BCUT2D eigenvalue weighted by atomic mass is 9.87. The molecule has 0 bridgehead atoms. The number of fused-ring (bicyclic) bond motifs is 1. The minimum Gasteiger partial charge on any atom is -0.508 e. The van der Waals surface area contributed by atoms with Crippen LogP contribution in [-0.2, 0) is 9.53 Å². The summed E-state index contributed by atoms with van der Waals surface area (Å²) in [5.41, 5.74) is 1.25. The van der Waals surface area contributed by atoms with Crippen LogP contribution in [0, 0.1) is 0 Å². The number of hydrogen-bond donors (Lipinski definition) is 1. The van der Waals surface area contributed by atoms with Crippen LogP contribution >= 0.6 is 0 Å². The maximum absolute atomic E-state index is 12.0. The van der Waals surface area contributed by atoms with E-state index in [-0.39, 0.29) is 30.0 Å². The smallest absolute Gasteiger partial charge is 0.306 e. The van der Waals surface area contributed by atoms with Crippen LogP contribution < -0.4 is 0 Å². The lowest BCUT2D eigenvalue weighted by Crippen LogP contribution is -2.37. The number of hydrogen-bond acceptors (Lipinski definition) is 4. The number of carbonyl (C=O) groups is 2. The van der Waals surface area contributed by atoms with Crippen LogP contribution in [0.2, 0.25) is 0 Å². The number of carbonyl (C=O) groups excluding carboxylic acids is 2. The third-order valence-corrected chi connectivity index (χ3v) is 3.19. The number of nitrogens with zero attached hydrogens (tertiary/aromatic N) is 1. The number of amides is 1. The maximum Gasteiger partial charge on any atom is 0.306 e. The van der Waals surface area contributed by atoms with Gasteiger partial charge in [0.15, 0.2) is 0 Å². The molecular weight excluding hydrogens is 234 g/mol. The quantitative estimate of drug-likeness (QED) is 0.798. The van der Waals surface area contributed by atoms with Gasteiger partial charge in [-0.25, -0.2) is 0 Å². The molecule has 0 aliphatic carbocycles. The fourth-order valence-electron chi connectivity index (χ4n) is 2.26. The normalized spacial score (nSPS) is 18.4. The van der Waals surface area contributed by atoms with Gasteiger partial charge in [0.05, 0.1) is 13.5 Å². The van der Waals surface area contributed by atoms with Gasteiger partial charge in [0.25, 0.3) is 5.91 Å². The second-order valence-corrected chi connectivity index (χ2v) is 4.43. The molecule has 0 saturated carbocycles. The predicted octanol–water partition coefficient (Wildman–Crippen LogP) is 1.12. The number of phenolic OH excluding ortho intramolecular Hbond substituents is 1. The molecule has 1 amide bonds. The van der Waals surface area contributed by atoms with Crippen LogP contribution in [0.5, 0.6) is 5.75 Å². The van der Waals surface area contributed by atoms with Gasteiger partial charge in [0, 0.05) is 25.1 Å². The molecule has 0 fully saturated rings. The SMILES string of the molecule is COC(=O)CC1CN(C)C(=O)c2ccc(O)cc21. The molecule has 1 aliphatic rings. The number of methoxy groups -OCH3 is 1. The van der Waals surface area contributed by atoms with Crippen LogP contribution in [0.15, 0.2) is 18.2 Å². The van der Waals surface area contributed by atoms with Crippen LogP contribution in [0.4, 0.5) is 0 Å². The molecular formula is C13H15NO4. The van der Waals surface area contributed by atoms with Crippen molar-refractivity contribution < 1.29 is 19.4 Å². The van der Waals surface area contributed by atoms with Gasteiger partial charge in [-0.2, -0.15) is 0 Å². The van der Waals surface area contributed by atoms with Gasteiger partial charge < -0.3 is 14.7 Å². The number of rotatable bonds is 2. The third kappa shape index (κ3) is 2.16. The van der Waals surface area contributed by atoms with Crippen molar-refractivity contribution in [2.24, 2.45) is 0 Å². The highest BCUT2D eigenvalue weighted by Crippen LogP contribution is 2.32. The Bertz CT molecular complexity index is 498. The maximum atomic E-state index is 12.0. The largest absolute Gasteiger partial charge is 0.508 e. The second-order valence-electron chi connectivity index (χ2n) is 4.43. The minimum absolute atomic E-state index is 0.0916. The predicted molar refractivity (Wildman–Crippen MR) is 64.4 cm³/mol. The Kier molecular flexibility index (Phi) is 3.23. The number of phenols is 1. The molecule has 1 aliphatic heterocycles. The lowest BCUT2D eigenvalue weighted by Gasteiger charge is -2.31. The fourth-order valence-corrected chi connectivity index (χ4v) is 2.26. The van der Waals surface area contributed by atoms with E-state index in [0.29, 0.717) is 17.7 Å². The molecule has 0 aromatic heterocycles. The molecule has 0 radical (unpaired) electrons. The van der Waals surface area contributed by atoms with Crippen LogP contribution in [0.25, 0.3) is 0 Å². The molecule has 1 heterocycles. The second kappa shape index (κ2) is 4.68. The zero-order valence-electron chi connectivity index (χ0n) is 10.3. The van der Waals surface area contributed by atoms with Crippen molar-refractivity contribution >= 4 is 11.9 Å². The summed E-state index contributed by atoms with van der Waals surface area (Å²) in [6, 6.07) is 4.62. The van der Waals surface area contributed by atoms with E-state index in [1.165, 1.54) is 13.2 Å². The van der Waals surface area contributed by atoms with Crippen molar-refractivity contribution in [1.29, 1.82) is 0 Å². The standard InChI is InChI=1S/C13H15NO4/c1-14-7-8(5-12(16)18-2)11-6-9(15)3-4-10(11)13(14)17/h3-4,6,8,15H,5,7H2,1-2H3. The topological polar surface area (TPSA) is 66.8 Å². The molecule has 0 spiro atoms. The van der Waals surface area contributed by atoms with E-state index in [4.69, 9.17) is 0 Å². The Hall–Kier alpha value is -2.04. The van der Waals surface area contributed by atoms with Crippen LogP contribution in [0.3, 0.4) is 0 Å². The number of aromatic hydroxyl groups is 1. The summed E-state index contributed by atoms with van der Waals surface area (Å²) in [6.07, 6.45) is 0.199. The van der Waals surface area contributed by atoms with E-state index in [0.717, 1.165) is 0 Å². The van der Waals surface area contributed by atoms with Crippen molar-refractivity contribution in [1.82, 2.24) is 4.90 Å². The van der Waals surface area contributed by atoms with Gasteiger partial charge in [-0.3, -0.25) is 9.59 Å². The average molecular weight is 249 g/mol. The van der Waals surface area contributed by atoms with Crippen molar-refractivity contribution in [2.45, 2.75) is 12.3 Å². The molecule has 1 aromatic rings. The highest BCUT2D eigenvalue weighted by Gasteiger charge is 2.30. The summed E-state index contributed by atoms with van der Waals surface area (Å²) < 4.78 is 4.66. The molecule has 5 nitrogen and oxygen atoms in total. The number of likely N-dealkylation sites (N-methyl/N-ethyl adjacent to an activating group) is 1. The Balaban J connectivity index is 2.39. The van der Waals surface area contributed by atoms with E-state index < -0.39 is 0 Å². The Morgan fingerprint density at radius 3 is 2.94 bits per heavy atom. The zero-order chi connectivity index (χ0) is 13.3. The fraction of sp³-hybridized carbons (Fsp3) is 0.385. The summed E-state index contributed by atoms with van der Waals surface area (Å²) in [6.45, 7) is 0.449. The Morgan fingerprint density at radius 2 is 2.28 bits per heavy atom. The molecule has 2 rings (SSSR count). The monoisotopic (exact) mass is 249 g/mol. The first-order chi connectivity index (χ1) is 8.52. The van der Waals surface area contributed by atoms with Crippen molar-refractivity contribution in [3.63, 3.8) is 0 Å². The molecule has 1 atom stereocenters. The van der Waals surface area contributed by atoms with Gasteiger partial charge in [-0.05, 0) is 23.8 Å². The summed E-state index contributed by atoms with van der Waals surface area (Å²) >= 11 is 0. The molecule has 1 aromatic carbocycles.